The van der Waals surface area contributed by atoms with Crippen LogP contribution in [-0.2, 0) is 16.1 Å². The molecular weight excluding hydrogens is 254 g/mol. The maximum absolute atomic E-state index is 11.7. The van der Waals surface area contributed by atoms with Crippen molar-refractivity contribution in [1.29, 1.82) is 0 Å². The molecule has 0 aliphatic carbocycles. The van der Waals surface area contributed by atoms with Gasteiger partial charge in [0.15, 0.2) is 0 Å². The maximum atomic E-state index is 11.7. The Balaban J connectivity index is 2.04. The molecule has 7 heteroatoms. The van der Waals surface area contributed by atoms with E-state index in [9.17, 15) is 9.59 Å². The second-order valence-corrected chi connectivity index (χ2v) is 5.62. The van der Waals surface area contributed by atoms with Crippen LogP contribution in [0, 0.1) is 13.8 Å². The lowest BCUT2D eigenvalue weighted by Gasteiger charge is -2.13. The van der Waals surface area contributed by atoms with Gasteiger partial charge in [-0.25, -0.2) is 5.84 Å². The molecule has 1 aliphatic heterocycles. The van der Waals surface area contributed by atoms with Gasteiger partial charge < -0.3 is 9.30 Å². The second kappa shape index (κ2) is 5.21. The zero-order valence-electron chi connectivity index (χ0n) is 10.4. The standard InChI is InChI=1S/C11H17N3O3S/c1-6-7(2)18-11(16)14(6)5-8-3-4-9(17-8)10(15)13-12/h8-9H,3-5,12H2,1-2H3,(H,13,15). The fourth-order valence-electron chi connectivity index (χ4n) is 2.13. The van der Waals surface area contributed by atoms with Crippen LogP contribution in [0.1, 0.15) is 23.4 Å². The third-order valence-corrected chi connectivity index (χ3v) is 4.30. The summed E-state index contributed by atoms with van der Waals surface area (Å²) < 4.78 is 7.31. The number of amides is 1. The zero-order chi connectivity index (χ0) is 13.3. The molecule has 18 heavy (non-hydrogen) atoms. The SMILES string of the molecule is Cc1sc(=O)n(CC2CCC(C(=O)NN)O2)c1C. The Labute approximate surface area is 109 Å². The molecule has 1 fully saturated rings. The zero-order valence-corrected chi connectivity index (χ0v) is 11.3. The summed E-state index contributed by atoms with van der Waals surface area (Å²) in [6, 6.07) is 0. The molecule has 2 atom stereocenters. The van der Waals surface area contributed by atoms with Crippen LogP contribution in [0.5, 0.6) is 0 Å². The van der Waals surface area contributed by atoms with Crippen LogP contribution in [0.25, 0.3) is 0 Å². The van der Waals surface area contributed by atoms with Gasteiger partial charge in [-0.05, 0) is 26.7 Å². The molecule has 2 heterocycles. The van der Waals surface area contributed by atoms with Crippen molar-refractivity contribution in [2.75, 3.05) is 0 Å². The molecule has 0 aromatic carbocycles. The van der Waals surface area contributed by atoms with Gasteiger partial charge in [0, 0.05) is 10.6 Å². The Morgan fingerprint density at radius 2 is 2.28 bits per heavy atom. The topological polar surface area (TPSA) is 86.4 Å². The summed E-state index contributed by atoms with van der Waals surface area (Å²) in [4.78, 5) is 24.1. The Morgan fingerprint density at radius 1 is 1.56 bits per heavy atom. The molecular formula is C11H17N3O3S. The number of carbonyl (C=O) groups is 1. The Hall–Kier alpha value is -1.18. The van der Waals surface area contributed by atoms with Gasteiger partial charge in [0.1, 0.15) is 6.10 Å². The van der Waals surface area contributed by atoms with Crippen LogP contribution in [0.3, 0.4) is 0 Å². The molecule has 1 aromatic heterocycles. The smallest absolute Gasteiger partial charge is 0.307 e. The average Bonchev–Trinajstić information content (AvgIpc) is 2.90. The minimum absolute atomic E-state index is 0.0281. The first-order valence-corrected chi connectivity index (χ1v) is 6.67. The van der Waals surface area contributed by atoms with E-state index in [1.807, 2.05) is 13.8 Å². The number of carbonyl (C=O) groups excluding carboxylic acids is 1. The number of hydrogen-bond acceptors (Lipinski definition) is 5. The first-order chi connectivity index (χ1) is 8.52. The predicted octanol–water partition coefficient (Wildman–Crippen LogP) is 0.0641. The average molecular weight is 271 g/mol. The largest absolute Gasteiger partial charge is 0.363 e. The quantitative estimate of drug-likeness (QED) is 0.462. The Morgan fingerprint density at radius 3 is 2.83 bits per heavy atom. The van der Waals surface area contributed by atoms with E-state index >= 15 is 0 Å². The highest BCUT2D eigenvalue weighted by Gasteiger charge is 2.31. The van der Waals surface area contributed by atoms with Crippen molar-refractivity contribution >= 4 is 17.2 Å². The van der Waals surface area contributed by atoms with Gasteiger partial charge in [0.2, 0.25) is 0 Å². The third-order valence-electron chi connectivity index (χ3n) is 3.30. The van der Waals surface area contributed by atoms with E-state index in [2.05, 4.69) is 5.43 Å². The van der Waals surface area contributed by atoms with Gasteiger partial charge in [-0.2, -0.15) is 0 Å². The molecule has 0 spiro atoms. The van der Waals surface area contributed by atoms with E-state index in [1.54, 1.807) is 4.57 Å². The Kier molecular flexibility index (Phi) is 3.84. The van der Waals surface area contributed by atoms with Crippen molar-refractivity contribution in [3.05, 3.63) is 20.2 Å². The monoisotopic (exact) mass is 271 g/mol. The van der Waals surface area contributed by atoms with Crippen LogP contribution < -0.4 is 16.1 Å². The van der Waals surface area contributed by atoms with Gasteiger partial charge >= 0.3 is 4.87 Å². The van der Waals surface area contributed by atoms with Crippen molar-refractivity contribution in [1.82, 2.24) is 9.99 Å². The van der Waals surface area contributed by atoms with Crippen molar-refractivity contribution in [3.8, 4) is 0 Å². The first-order valence-electron chi connectivity index (χ1n) is 5.85. The van der Waals surface area contributed by atoms with E-state index in [0.29, 0.717) is 13.0 Å². The number of ether oxygens (including phenoxy) is 1. The lowest BCUT2D eigenvalue weighted by Crippen LogP contribution is -2.39. The molecule has 3 N–H and O–H groups in total. The van der Waals surface area contributed by atoms with Crippen LogP contribution in [-0.4, -0.2) is 22.7 Å². The van der Waals surface area contributed by atoms with E-state index in [-0.39, 0.29) is 16.9 Å². The van der Waals surface area contributed by atoms with E-state index in [1.165, 1.54) is 11.3 Å². The van der Waals surface area contributed by atoms with Gasteiger partial charge in [-0.15, -0.1) is 0 Å². The Bertz CT molecular complexity index is 508. The van der Waals surface area contributed by atoms with Crippen LogP contribution in [0.15, 0.2) is 4.79 Å². The van der Waals surface area contributed by atoms with Gasteiger partial charge in [-0.1, -0.05) is 11.3 Å². The molecule has 6 nitrogen and oxygen atoms in total. The number of aryl methyl sites for hydroxylation is 1. The molecule has 0 radical (unpaired) electrons. The van der Waals surface area contributed by atoms with Crippen molar-refractivity contribution < 1.29 is 9.53 Å². The highest BCUT2D eigenvalue weighted by Crippen LogP contribution is 2.22. The number of hydrogen-bond donors (Lipinski definition) is 2. The number of rotatable bonds is 3. The molecule has 0 saturated carbocycles. The third kappa shape index (κ3) is 2.47. The lowest BCUT2D eigenvalue weighted by molar-refractivity contribution is -0.132. The second-order valence-electron chi connectivity index (χ2n) is 4.45. The minimum Gasteiger partial charge on any atom is -0.363 e. The summed E-state index contributed by atoms with van der Waals surface area (Å²) in [7, 11) is 0. The van der Waals surface area contributed by atoms with Gasteiger partial charge in [0.05, 0.1) is 12.6 Å². The minimum atomic E-state index is -0.490. The number of nitrogens with one attached hydrogen (secondary N) is 1. The summed E-state index contributed by atoms with van der Waals surface area (Å²) in [6.45, 7) is 4.35. The summed E-state index contributed by atoms with van der Waals surface area (Å²) in [5.41, 5.74) is 3.06. The van der Waals surface area contributed by atoms with E-state index in [0.717, 1.165) is 17.0 Å². The van der Waals surface area contributed by atoms with Gasteiger partial charge in [0.25, 0.3) is 5.91 Å². The van der Waals surface area contributed by atoms with Crippen molar-refractivity contribution in [2.45, 2.75) is 45.4 Å². The fourth-order valence-corrected chi connectivity index (χ4v) is 2.97. The van der Waals surface area contributed by atoms with E-state index < -0.39 is 6.10 Å². The molecule has 0 bridgehead atoms. The summed E-state index contributed by atoms with van der Waals surface area (Å²) in [5, 5.41) is 0. The lowest BCUT2D eigenvalue weighted by atomic mass is 10.2. The normalized spacial score (nSPS) is 23.3. The number of nitrogens with two attached hydrogens (primary N) is 1. The van der Waals surface area contributed by atoms with E-state index in [4.69, 9.17) is 10.6 Å². The van der Waals surface area contributed by atoms with Crippen LogP contribution in [0.4, 0.5) is 0 Å². The summed E-state index contributed by atoms with van der Waals surface area (Å²) in [6.07, 6.45) is 0.817. The van der Waals surface area contributed by atoms with Crippen molar-refractivity contribution in [2.24, 2.45) is 5.84 Å². The highest BCUT2D eigenvalue weighted by atomic mass is 32.1. The highest BCUT2D eigenvalue weighted by molar-refractivity contribution is 7.09. The summed E-state index contributed by atoms with van der Waals surface area (Å²) in [5.74, 6) is 4.77. The predicted molar refractivity (Wildman–Crippen MR) is 68.3 cm³/mol. The molecule has 1 amide bonds. The molecule has 1 aromatic rings. The molecule has 100 valence electrons. The molecule has 2 unspecified atom stereocenters. The van der Waals surface area contributed by atoms with Gasteiger partial charge in [-0.3, -0.25) is 15.0 Å². The molecule has 1 saturated heterocycles. The number of hydrazine groups is 1. The number of thiazole rings is 1. The number of aromatic nitrogens is 1. The first kappa shape index (κ1) is 13.3. The summed E-state index contributed by atoms with van der Waals surface area (Å²) >= 11 is 1.24. The van der Waals surface area contributed by atoms with Crippen LogP contribution in [0.2, 0.25) is 0 Å². The van der Waals surface area contributed by atoms with Crippen molar-refractivity contribution in [3.63, 3.8) is 0 Å². The van der Waals surface area contributed by atoms with Crippen LogP contribution >= 0.6 is 11.3 Å². The maximum Gasteiger partial charge on any atom is 0.307 e. The molecule has 2 rings (SSSR count). The number of nitrogens with zero attached hydrogens (tertiary/aromatic N) is 1. The fraction of sp³-hybridized carbons (Fsp3) is 0.636. The molecule has 1 aliphatic rings.